The first kappa shape index (κ1) is 27.8. The predicted octanol–water partition coefficient (Wildman–Crippen LogP) is 6.08. The summed E-state index contributed by atoms with van der Waals surface area (Å²) in [7, 11) is 0. The van der Waals surface area contributed by atoms with E-state index in [4.69, 9.17) is 4.74 Å². The molecule has 198 valence electrons. The van der Waals surface area contributed by atoms with Gasteiger partial charge in [-0.05, 0) is 74.6 Å². The molecule has 1 saturated heterocycles. The summed E-state index contributed by atoms with van der Waals surface area (Å²) in [5.41, 5.74) is -3.70. The standard InChI is InChI=1S/C25H34F6N2O2/c1-16(2)13-23(7-5-21(14-23)33-20-4-3-8-35-9-6-20)22(34)32-15-17-10-18(24(26,27)28)12-19(11-17)25(29,30)31/h10-12,16,20-21,33H,3-9,13-15H2,1-2H3,(H,32,34). The molecule has 1 aromatic carbocycles. The second-order valence-electron chi connectivity index (χ2n) is 10.3. The lowest BCUT2D eigenvalue weighted by Crippen LogP contribution is -2.43. The summed E-state index contributed by atoms with van der Waals surface area (Å²) >= 11 is 0. The molecule has 1 heterocycles. The molecular formula is C25H34F6N2O2. The highest BCUT2D eigenvalue weighted by Gasteiger charge is 2.46. The zero-order chi connectivity index (χ0) is 25.9. The number of alkyl halides is 6. The van der Waals surface area contributed by atoms with Gasteiger partial charge < -0.3 is 15.4 Å². The number of amides is 1. The zero-order valence-electron chi connectivity index (χ0n) is 20.1. The second kappa shape index (κ2) is 11.1. The fraction of sp³-hybridized carbons (Fsp3) is 0.720. The Morgan fingerprint density at radius 1 is 1.00 bits per heavy atom. The molecule has 0 spiro atoms. The van der Waals surface area contributed by atoms with Crippen molar-refractivity contribution in [2.24, 2.45) is 11.3 Å². The van der Waals surface area contributed by atoms with Gasteiger partial charge in [0.25, 0.3) is 0 Å². The number of hydrogen-bond acceptors (Lipinski definition) is 3. The molecule has 3 unspecified atom stereocenters. The number of benzene rings is 1. The number of rotatable bonds is 7. The van der Waals surface area contributed by atoms with Crippen molar-refractivity contribution in [2.45, 2.75) is 89.8 Å². The molecular weight excluding hydrogens is 474 g/mol. The molecule has 1 aromatic rings. The van der Waals surface area contributed by atoms with Gasteiger partial charge in [0.1, 0.15) is 0 Å². The summed E-state index contributed by atoms with van der Waals surface area (Å²) in [6.45, 7) is 5.04. The number of halogens is 6. The van der Waals surface area contributed by atoms with Crippen molar-refractivity contribution in [1.29, 1.82) is 0 Å². The molecule has 35 heavy (non-hydrogen) atoms. The zero-order valence-corrected chi connectivity index (χ0v) is 20.1. The van der Waals surface area contributed by atoms with Crippen LogP contribution in [0, 0.1) is 11.3 Å². The third-order valence-electron chi connectivity index (χ3n) is 6.91. The predicted molar refractivity (Wildman–Crippen MR) is 119 cm³/mol. The number of nitrogens with one attached hydrogen (secondary N) is 2. The van der Waals surface area contributed by atoms with E-state index in [0.717, 1.165) is 32.3 Å². The smallest absolute Gasteiger partial charge is 0.381 e. The van der Waals surface area contributed by atoms with Gasteiger partial charge in [-0.1, -0.05) is 13.8 Å². The summed E-state index contributed by atoms with van der Waals surface area (Å²) in [5.74, 6) is -0.109. The maximum atomic E-state index is 13.3. The van der Waals surface area contributed by atoms with E-state index in [9.17, 15) is 31.1 Å². The van der Waals surface area contributed by atoms with Crippen molar-refractivity contribution < 1.29 is 35.9 Å². The molecule has 1 saturated carbocycles. The van der Waals surface area contributed by atoms with Crippen LogP contribution in [-0.2, 0) is 28.4 Å². The molecule has 0 bridgehead atoms. The van der Waals surface area contributed by atoms with Crippen LogP contribution in [0.4, 0.5) is 26.3 Å². The quantitative estimate of drug-likeness (QED) is 0.439. The van der Waals surface area contributed by atoms with E-state index in [0.29, 0.717) is 44.0 Å². The molecule has 4 nitrogen and oxygen atoms in total. The van der Waals surface area contributed by atoms with Crippen LogP contribution in [-0.4, -0.2) is 31.2 Å². The topological polar surface area (TPSA) is 50.4 Å². The maximum absolute atomic E-state index is 13.3. The molecule has 1 aliphatic carbocycles. The first-order valence-corrected chi connectivity index (χ1v) is 12.2. The van der Waals surface area contributed by atoms with E-state index in [-0.39, 0.29) is 29.5 Å². The van der Waals surface area contributed by atoms with Gasteiger partial charge in [0.15, 0.2) is 0 Å². The van der Waals surface area contributed by atoms with Gasteiger partial charge in [0, 0.05) is 31.8 Å². The van der Waals surface area contributed by atoms with Crippen molar-refractivity contribution >= 4 is 5.91 Å². The molecule has 2 fully saturated rings. The highest BCUT2D eigenvalue weighted by Crippen LogP contribution is 2.44. The third kappa shape index (κ3) is 7.59. The van der Waals surface area contributed by atoms with Gasteiger partial charge in [-0.15, -0.1) is 0 Å². The van der Waals surface area contributed by atoms with E-state index in [2.05, 4.69) is 10.6 Å². The highest BCUT2D eigenvalue weighted by atomic mass is 19.4. The van der Waals surface area contributed by atoms with Crippen molar-refractivity contribution in [1.82, 2.24) is 10.6 Å². The average molecular weight is 509 g/mol. The van der Waals surface area contributed by atoms with Gasteiger partial charge in [-0.3, -0.25) is 4.79 Å². The normalized spacial score (nSPS) is 26.1. The van der Waals surface area contributed by atoms with E-state index in [1.165, 1.54) is 0 Å². The van der Waals surface area contributed by atoms with Crippen molar-refractivity contribution in [3.63, 3.8) is 0 Å². The molecule has 10 heteroatoms. The van der Waals surface area contributed by atoms with Gasteiger partial charge in [-0.25, -0.2) is 0 Å². The van der Waals surface area contributed by atoms with Crippen LogP contribution in [0.15, 0.2) is 18.2 Å². The first-order chi connectivity index (χ1) is 16.3. The van der Waals surface area contributed by atoms with Crippen LogP contribution >= 0.6 is 0 Å². The van der Waals surface area contributed by atoms with Crippen LogP contribution in [0.1, 0.15) is 75.5 Å². The van der Waals surface area contributed by atoms with Crippen LogP contribution in [0.2, 0.25) is 0 Å². The molecule has 1 aliphatic heterocycles. The molecule has 3 rings (SSSR count). The fourth-order valence-electron chi connectivity index (χ4n) is 5.43. The number of ether oxygens (including phenoxy) is 1. The maximum Gasteiger partial charge on any atom is 0.416 e. The molecule has 2 aliphatic rings. The lowest BCUT2D eigenvalue weighted by atomic mass is 9.77. The number of hydrogen-bond donors (Lipinski definition) is 2. The van der Waals surface area contributed by atoms with E-state index in [1.54, 1.807) is 0 Å². The van der Waals surface area contributed by atoms with Crippen LogP contribution in [0.25, 0.3) is 0 Å². The Kier molecular flexibility index (Phi) is 8.78. The summed E-state index contributed by atoms with van der Waals surface area (Å²) in [6, 6.07) is 1.87. The Hall–Kier alpha value is -1.81. The molecule has 3 atom stereocenters. The third-order valence-corrected chi connectivity index (χ3v) is 6.91. The van der Waals surface area contributed by atoms with Gasteiger partial charge >= 0.3 is 12.4 Å². The van der Waals surface area contributed by atoms with E-state index >= 15 is 0 Å². The second-order valence-corrected chi connectivity index (χ2v) is 10.3. The van der Waals surface area contributed by atoms with Gasteiger partial charge in [0.05, 0.1) is 16.5 Å². The van der Waals surface area contributed by atoms with Crippen LogP contribution < -0.4 is 10.6 Å². The summed E-state index contributed by atoms with van der Waals surface area (Å²) < 4.78 is 84.6. The SMILES string of the molecule is CC(C)CC1(C(=O)NCc2cc(C(F)(F)F)cc(C(F)(F)F)c2)CCC(NC2CCCOCC2)C1. The Labute approximate surface area is 202 Å². The lowest BCUT2D eigenvalue weighted by Gasteiger charge is -2.31. The molecule has 1 amide bonds. The van der Waals surface area contributed by atoms with E-state index < -0.39 is 35.4 Å². The van der Waals surface area contributed by atoms with Crippen LogP contribution in [0.5, 0.6) is 0 Å². The minimum absolute atomic E-state index is 0.0946. The minimum Gasteiger partial charge on any atom is -0.381 e. The van der Waals surface area contributed by atoms with Crippen molar-refractivity contribution in [2.75, 3.05) is 13.2 Å². The number of carbonyl (C=O) groups is 1. The van der Waals surface area contributed by atoms with Gasteiger partial charge in [-0.2, -0.15) is 26.3 Å². The molecule has 0 radical (unpaired) electrons. The summed E-state index contributed by atoms with van der Waals surface area (Å²) in [4.78, 5) is 13.3. The fourth-order valence-corrected chi connectivity index (χ4v) is 5.43. The van der Waals surface area contributed by atoms with E-state index in [1.807, 2.05) is 13.8 Å². The highest BCUT2D eigenvalue weighted by molar-refractivity contribution is 5.83. The van der Waals surface area contributed by atoms with Crippen molar-refractivity contribution in [3.8, 4) is 0 Å². The Morgan fingerprint density at radius 2 is 1.66 bits per heavy atom. The molecule has 0 aromatic heterocycles. The monoisotopic (exact) mass is 508 g/mol. The minimum atomic E-state index is -4.92. The van der Waals surface area contributed by atoms with Gasteiger partial charge in [0.2, 0.25) is 5.91 Å². The van der Waals surface area contributed by atoms with Crippen LogP contribution in [0.3, 0.4) is 0 Å². The number of carbonyl (C=O) groups excluding carboxylic acids is 1. The van der Waals surface area contributed by atoms with Crippen molar-refractivity contribution in [3.05, 3.63) is 34.9 Å². The summed E-state index contributed by atoms with van der Waals surface area (Å²) in [5, 5.41) is 6.31. The molecule has 2 N–H and O–H groups in total. The Balaban J connectivity index is 1.72. The largest absolute Gasteiger partial charge is 0.416 e. The summed E-state index contributed by atoms with van der Waals surface area (Å²) in [6.07, 6.45) is -4.38. The Bertz CT molecular complexity index is 830. The lowest BCUT2D eigenvalue weighted by molar-refractivity contribution is -0.143. The average Bonchev–Trinajstić information content (AvgIpc) is 2.97. The Morgan fingerprint density at radius 3 is 2.26 bits per heavy atom. The first-order valence-electron chi connectivity index (χ1n) is 12.2.